The molecule has 2 rings (SSSR count). The number of aldehydes is 1. The molecule has 6 nitrogen and oxygen atoms in total. The molecule has 1 aromatic carbocycles. The number of rotatable bonds is 12. The molecule has 180 valence electrons. The number of anilines is 1. The number of nitrogens with zero attached hydrogens (tertiary/aromatic N) is 1. The zero-order valence-corrected chi connectivity index (χ0v) is 20.8. The fraction of sp³-hybridized carbons (Fsp3) is 0.423. The van der Waals surface area contributed by atoms with Gasteiger partial charge in [-0.3, -0.25) is 14.4 Å². The lowest BCUT2D eigenvalue weighted by atomic mass is 10.1. The summed E-state index contributed by atoms with van der Waals surface area (Å²) in [7, 11) is -1.02. The van der Waals surface area contributed by atoms with Gasteiger partial charge in [0.1, 0.15) is 6.29 Å². The number of nitrogens with two attached hydrogens (primary N) is 1. The number of carbonyl (C=O) groups is 3. The van der Waals surface area contributed by atoms with E-state index >= 15 is 0 Å². The van der Waals surface area contributed by atoms with Crippen LogP contribution in [0.15, 0.2) is 65.2 Å². The molecule has 0 fully saturated rings. The fourth-order valence-corrected chi connectivity index (χ4v) is 8.29. The monoisotopic (exact) mass is 471 g/mol. The Morgan fingerprint density at radius 3 is 2.52 bits per heavy atom. The van der Waals surface area contributed by atoms with Crippen LogP contribution in [0.3, 0.4) is 0 Å². The van der Waals surface area contributed by atoms with Crippen LogP contribution in [0.2, 0.25) is 0 Å². The van der Waals surface area contributed by atoms with Crippen LogP contribution in [-0.4, -0.2) is 41.5 Å². The van der Waals surface area contributed by atoms with E-state index in [-0.39, 0.29) is 17.2 Å². The summed E-state index contributed by atoms with van der Waals surface area (Å²) >= 11 is 0. The van der Waals surface area contributed by atoms with Gasteiger partial charge in [-0.2, -0.15) is 10.0 Å². The van der Waals surface area contributed by atoms with Gasteiger partial charge in [0.15, 0.2) is 0 Å². The van der Waals surface area contributed by atoms with Gasteiger partial charge >= 0.3 is 0 Å². The van der Waals surface area contributed by atoms with E-state index < -0.39 is 10.0 Å². The van der Waals surface area contributed by atoms with Crippen LogP contribution in [0.25, 0.3) is 0 Å². The van der Waals surface area contributed by atoms with E-state index in [1.165, 1.54) is 35.4 Å². The highest BCUT2D eigenvalue weighted by Gasteiger charge is 2.44. The molecule has 0 radical (unpaired) electrons. The summed E-state index contributed by atoms with van der Waals surface area (Å²) in [6.45, 7) is 7.23. The number of fused-ring (bicyclic) bond motifs is 1. The number of hydrogen-bond acceptors (Lipinski definition) is 4. The molecule has 1 aromatic rings. The average molecular weight is 472 g/mol. The first-order chi connectivity index (χ1) is 15.9. The van der Waals surface area contributed by atoms with Crippen LogP contribution in [0.1, 0.15) is 46.5 Å². The molecule has 1 unspecified atom stereocenters. The normalized spacial score (nSPS) is 18.5. The molecule has 0 bridgehead atoms. The van der Waals surface area contributed by atoms with Crippen molar-refractivity contribution in [3.05, 3.63) is 60.3 Å². The third-order valence-electron chi connectivity index (χ3n) is 6.21. The van der Waals surface area contributed by atoms with Gasteiger partial charge in [-0.25, -0.2) is 0 Å². The van der Waals surface area contributed by atoms with Crippen molar-refractivity contribution in [3.8, 4) is 0 Å². The average Bonchev–Trinajstić information content (AvgIpc) is 3.09. The van der Waals surface area contributed by atoms with Crippen LogP contribution >= 0.6 is 10.0 Å². The third kappa shape index (κ3) is 6.38. The molecule has 0 aliphatic carbocycles. The van der Waals surface area contributed by atoms with E-state index in [0.29, 0.717) is 24.8 Å². The molecular formula is C26H37N3O3S. The Kier molecular flexibility index (Phi) is 10.5. The molecule has 1 heterocycles. The highest BCUT2D eigenvalue weighted by atomic mass is 32.3. The number of hydrogen-bond donors (Lipinski definition) is 2. The van der Waals surface area contributed by atoms with Crippen molar-refractivity contribution >= 4 is 33.8 Å². The summed E-state index contributed by atoms with van der Waals surface area (Å²) in [5.41, 5.74) is 6.69. The Morgan fingerprint density at radius 2 is 1.85 bits per heavy atom. The van der Waals surface area contributed by atoms with E-state index in [2.05, 4.69) is 44.3 Å². The first-order valence-electron chi connectivity index (χ1n) is 11.6. The lowest BCUT2D eigenvalue weighted by Gasteiger charge is -2.40. The predicted molar refractivity (Wildman–Crippen MR) is 138 cm³/mol. The van der Waals surface area contributed by atoms with Crippen LogP contribution in [0.5, 0.6) is 0 Å². The SMILES string of the molecule is CCS1(CC)c2ccccc2N(C(=O)CCCCCNC(=O)/C=C/C(C=O)=C/C=C\N)C1C. The second-order valence-corrected chi connectivity index (χ2v) is 12.1. The van der Waals surface area contributed by atoms with E-state index in [0.717, 1.165) is 36.5 Å². The van der Waals surface area contributed by atoms with Crippen LogP contribution < -0.4 is 16.0 Å². The van der Waals surface area contributed by atoms with Crippen molar-refractivity contribution in [2.75, 3.05) is 23.0 Å². The van der Waals surface area contributed by atoms with Gasteiger partial charge in [-0.15, -0.1) is 0 Å². The van der Waals surface area contributed by atoms with Gasteiger partial charge in [0, 0.05) is 29.5 Å². The standard InChI is InChI=1S/C26H37N3O3S/c1-4-33(5-2)21(3)29(23-13-8-9-14-24(23)33)26(32)15-7-6-10-19-28-25(31)17-16-22(20-30)12-11-18-27/h8-9,11-14,16-18,20-21H,4-7,10,15,19,27H2,1-3H3,(H,28,31)/b17-16+,18-11-,22-12-. The maximum atomic E-state index is 13.1. The minimum atomic E-state index is -1.02. The maximum absolute atomic E-state index is 13.1. The van der Waals surface area contributed by atoms with E-state index in [4.69, 9.17) is 5.73 Å². The second kappa shape index (κ2) is 13.0. The first-order valence-corrected chi connectivity index (χ1v) is 13.7. The molecule has 1 atom stereocenters. The summed E-state index contributed by atoms with van der Waals surface area (Å²) < 4.78 is 0. The van der Waals surface area contributed by atoms with Crippen LogP contribution in [0.4, 0.5) is 5.69 Å². The van der Waals surface area contributed by atoms with Crippen molar-refractivity contribution in [2.24, 2.45) is 5.73 Å². The summed E-state index contributed by atoms with van der Waals surface area (Å²) in [5, 5.41) is 3.03. The van der Waals surface area contributed by atoms with Crippen molar-refractivity contribution in [1.82, 2.24) is 5.32 Å². The molecular weight excluding hydrogens is 434 g/mol. The number of nitrogens with one attached hydrogen (secondary N) is 1. The third-order valence-corrected chi connectivity index (χ3v) is 11.0. The van der Waals surface area contributed by atoms with E-state index in [9.17, 15) is 14.4 Å². The summed E-state index contributed by atoms with van der Waals surface area (Å²) in [5.74, 6) is 2.12. The topological polar surface area (TPSA) is 92.5 Å². The zero-order valence-electron chi connectivity index (χ0n) is 20.0. The van der Waals surface area contributed by atoms with Gasteiger partial charge in [0.05, 0.1) is 11.1 Å². The van der Waals surface area contributed by atoms with Crippen LogP contribution in [0, 0.1) is 0 Å². The predicted octanol–water partition coefficient (Wildman–Crippen LogP) is 4.41. The highest BCUT2D eigenvalue weighted by molar-refractivity contribution is 8.34. The van der Waals surface area contributed by atoms with Crippen molar-refractivity contribution in [1.29, 1.82) is 0 Å². The minimum absolute atomic E-state index is 0.193. The van der Waals surface area contributed by atoms with Crippen molar-refractivity contribution in [3.63, 3.8) is 0 Å². The Morgan fingerprint density at radius 1 is 1.12 bits per heavy atom. The summed E-state index contributed by atoms with van der Waals surface area (Å²) in [4.78, 5) is 39.4. The van der Waals surface area contributed by atoms with Crippen LogP contribution in [-0.2, 0) is 14.4 Å². The molecule has 0 saturated carbocycles. The largest absolute Gasteiger partial charge is 0.405 e. The molecule has 1 aliphatic rings. The molecule has 2 amide bonds. The van der Waals surface area contributed by atoms with Gasteiger partial charge in [-0.05, 0) is 61.8 Å². The van der Waals surface area contributed by atoms with Crippen molar-refractivity contribution in [2.45, 2.75) is 56.7 Å². The molecule has 7 heteroatoms. The number of allylic oxidation sites excluding steroid dienone is 4. The Labute approximate surface area is 199 Å². The molecule has 0 aromatic heterocycles. The number of benzene rings is 1. The van der Waals surface area contributed by atoms with E-state index in [1.807, 2.05) is 11.0 Å². The van der Waals surface area contributed by atoms with Gasteiger partial charge in [0.2, 0.25) is 11.8 Å². The number of unbranched alkanes of at least 4 members (excludes halogenated alkanes) is 2. The molecule has 33 heavy (non-hydrogen) atoms. The zero-order chi connectivity index (χ0) is 24.3. The smallest absolute Gasteiger partial charge is 0.244 e. The molecule has 1 aliphatic heterocycles. The van der Waals surface area contributed by atoms with E-state index in [1.54, 1.807) is 0 Å². The lowest BCUT2D eigenvalue weighted by Crippen LogP contribution is -2.37. The number of para-hydroxylation sites is 1. The molecule has 0 spiro atoms. The molecule has 3 N–H and O–H groups in total. The second-order valence-electron chi connectivity index (χ2n) is 7.96. The fourth-order valence-electron chi connectivity index (χ4n) is 4.36. The molecule has 0 saturated heterocycles. The first kappa shape index (κ1) is 26.5. The Hall–Kier alpha value is -2.80. The number of amides is 2. The summed E-state index contributed by atoms with van der Waals surface area (Å²) in [6, 6.07) is 8.40. The van der Waals surface area contributed by atoms with Gasteiger partial charge in [0.25, 0.3) is 0 Å². The highest BCUT2D eigenvalue weighted by Crippen LogP contribution is 2.67. The summed E-state index contributed by atoms with van der Waals surface area (Å²) in [6.07, 6.45) is 10.8. The number of carbonyl (C=O) groups excluding carboxylic acids is 3. The quantitative estimate of drug-likeness (QED) is 0.204. The van der Waals surface area contributed by atoms with Crippen molar-refractivity contribution < 1.29 is 14.4 Å². The lowest BCUT2D eigenvalue weighted by molar-refractivity contribution is -0.119. The maximum Gasteiger partial charge on any atom is 0.244 e. The van der Waals surface area contributed by atoms with Gasteiger partial charge < -0.3 is 16.0 Å². The Bertz CT molecular complexity index is 919. The Balaban J connectivity index is 1.80. The minimum Gasteiger partial charge on any atom is -0.405 e. The van der Waals surface area contributed by atoms with Gasteiger partial charge in [-0.1, -0.05) is 38.5 Å².